The molecule has 0 heterocycles. The van der Waals surface area contributed by atoms with Crippen LogP contribution in [0.15, 0.2) is 0 Å². The molecule has 0 aromatic heterocycles. The molecule has 0 radical (unpaired) electrons. The summed E-state index contributed by atoms with van der Waals surface area (Å²) in [5.41, 5.74) is 0. The molecule has 20 heavy (non-hydrogen) atoms. The van der Waals surface area contributed by atoms with Gasteiger partial charge in [0.25, 0.3) is 0 Å². The van der Waals surface area contributed by atoms with Crippen LogP contribution in [0, 0.1) is 0 Å². The molecule has 8 heteroatoms. The fraction of sp³-hybridized carbons (Fsp3) is 1.00. The zero-order valence-corrected chi connectivity index (χ0v) is 13.2. The van der Waals surface area contributed by atoms with Gasteiger partial charge in [-0.3, -0.25) is 4.55 Å². The van der Waals surface area contributed by atoms with E-state index in [9.17, 15) is 8.42 Å². The summed E-state index contributed by atoms with van der Waals surface area (Å²) in [6, 6.07) is 0. The molecule has 0 rings (SSSR count). The van der Waals surface area contributed by atoms with Crippen molar-refractivity contribution in [1.82, 2.24) is 0 Å². The summed E-state index contributed by atoms with van der Waals surface area (Å²) in [7, 11) is -4.23. The van der Waals surface area contributed by atoms with Crippen molar-refractivity contribution in [3.05, 3.63) is 0 Å². The molecule has 0 atom stereocenters. The van der Waals surface area contributed by atoms with Crippen molar-refractivity contribution in [2.24, 2.45) is 0 Å². The van der Waals surface area contributed by atoms with Crippen LogP contribution in [0.25, 0.3) is 0 Å². The van der Waals surface area contributed by atoms with Crippen LogP contribution < -0.4 is 0 Å². The number of hydrogen-bond acceptors (Lipinski definition) is 3. The van der Waals surface area contributed by atoms with E-state index < -0.39 is 10.4 Å². The summed E-state index contributed by atoms with van der Waals surface area (Å²) in [6.07, 6.45) is 11.9. The van der Waals surface area contributed by atoms with Crippen molar-refractivity contribution < 1.29 is 33.6 Å². The molecule has 0 aromatic rings. The molecule has 0 spiro atoms. The molecule has 0 aliphatic carbocycles. The number of unbranched alkanes of at least 4 members (excludes halogenated alkanes) is 9. The Labute approximate surface area is 122 Å². The highest BCUT2D eigenvalue weighted by molar-refractivity contribution is 7.80. The van der Waals surface area contributed by atoms with E-state index in [-0.39, 0.29) is 23.0 Å². The maximum Gasteiger partial charge on any atom is 0.397 e. The van der Waals surface area contributed by atoms with Crippen molar-refractivity contribution in [3.63, 3.8) is 0 Å². The molecule has 0 aliphatic rings. The van der Waals surface area contributed by atoms with Gasteiger partial charge < -0.3 is 16.4 Å². The van der Waals surface area contributed by atoms with Crippen LogP contribution in [-0.4, -0.2) is 36.0 Å². The maximum atomic E-state index is 10.2. The molecular weight excluding hydrogens is 288 g/mol. The van der Waals surface area contributed by atoms with Gasteiger partial charge >= 0.3 is 10.4 Å². The summed E-state index contributed by atoms with van der Waals surface area (Å²) >= 11 is 0. The molecule has 128 valence electrons. The van der Waals surface area contributed by atoms with Gasteiger partial charge in [-0.25, -0.2) is 4.18 Å². The van der Waals surface area contributed by atoms with E-state index in [2.05, 4.69) is 11.1 Å². The van der Waals surface area contributed by atoms with Crippen molar-refractivity contribution in [3.8, 4) is 0 Å². The predicted molar refractivity (Wildman–Crippen MR) is 80.2 cm³/mol. The van der Waals surface area contributed by atoms with E-state index in [0.29, 0.717) is 6.42 Å². The number of hydrogen-bond donors (Lipinski definition) is 1. The van der Waals surface area contributed by atoms with Crippen molar-refractivity contribution >= 4 is 10.4 Å². The van der Waals surface area contributed by atoms with E-state index in [1.54, 1.807) is 0 Å². The van der Waals surface area contributed by atoms with Gasteiger partial charge in [0.05, 0.1) is 6.61 Å². The van der Waals surface area contributed by atoms with Crippen LogP contribution in [0.3, 0.4) is 0 Å². The summed E-state index contributed by atoms with van der Waals surface area (Å²) in [6.45, 7) is 2.31. The van der Waals surface area contributed by atoms with E-state index in [1.165, 1.54) is 44.9 Å². The lowest BCUT2D eigenvalue weighted by molar-refractivity contribution is 0.261. The fourth-order valence-electron chi connectivity index (χ4n) is 1.75. The molecule has 0 aliphatic heterocycles. The lowest BCUT2D eigenvalue weighted by atomic mass is 10.1. The van der Waals surface area contributed by atoms with E-state index in [0.717, 1.165) is 12.8 Å². The van der Waals surface area contributed by atoms with Gasteiger partial charge in [0.2, 0.25) is 0 Å². The van der Waals surface area contributed by atoms with Crippen LogP contribution in [0.1, 0.15) is 71.1 Å². The van der Waals surface area contributed by atoms with Gasteiger partial charge in [0.1, 0.15) is 0 Å². The van der Waals surface area contributed by atoms with Crippen LogP contribution in [0.2, 0.25) is 0 Å². The molecule has 0 bridgehead atoms. The zero-order valence-electron chi connectivity index (χ0n) is 12.4. The van der Waals surface area contributed by atoms with Crippen molar-refractivity contribution in [2.45, 2.75) is 71.1 Å². The zero-order chi connectivity index (χ0) is 13.0. The largest absolute Gasteiger partial charge is 0.412 e. The van der Waals surface area contributed by atoms with E-state index in [4.69, 9.17) is 4.55 Å². The van der Waals surface area contributed by atoms with Crippen LogP contribution in [-0.2, 0) is 14.6 Å². The Bertz CT molecular complexity index is 255. The molecule has 0 saturated carbocycles. The first-order valence-corrected chi connectivity index (χ1v) is 8.04. The molecule has 0 saturated heterocycles. The van der Waals surface area contributed by atoms with Crippen LogP contribution in [0.4, 0.5) is 0 Å². The van der Waals surface area contributed by atoms with Crippen LogP contribution in [0.5, 0.6) is 0 Å². The minimum atomic E-state index is -4.23. The fourth-order valence-corrected chi connectivity index (χ4v) is 2.08. The van der Waals surface area contributed by atoms with Gasteiger partial charge in [-0.1, -0.05) is 64.7 Å². The smallest absolute Gasteiger partial charge is 0.397 e. The molecule has 0 unspecified atom stereocenters. The highest BCUT2D eigenvalue weighted by Crippen LogP contribution is 2.10. The minimum absolute atomic E-state index is 0. The summed E-state index contributed by atoms with van der Waals surface area (Å²) in [4.78, 5) is 0. The lowest BCUT2D eigenvalue weighted by Crippen LogP contribution is -2.04. The minimum Gasteiger partial charge on any atom is -0.412 e. The molecule has 0 fully saturated rings. The predicted octanol–water partition coefficient (Wildman–Crippen LogP) is 1.25. The third-order valence-electron chi connectivity index (χ3n) is 2.73. The Morgan fingerprint density at radius 1 is 0.750 bits per heavy atom. The summed E-state index contributed by atoms with van der Waals surface area (Å²) in [5, 5.41) is 0. The van der Waals surface area contributed by atoms with E-state index >= 15 is 0 Å². The normalized spacial score (nSPS) is 10.1. The second-order valence-electron chi connectivity index (χ2n) is 4.43. The highest BCUT2D eigenvalue weighted by Gasteiger charge is 2.02. The Hall–Kier alpha value is -0.250. The van der Waals surface area contributed by atoms with Gasteiger partial charge in [-0.2, -0.15) is 8.42 Å². The van der Waals surface area contributed by atoms with Crippen molar-refractivity contribution in [1.29, 1.82) is 0 Å². The average Bonchev–Trinajstić information content (AvgIpc) is 2.24. The first-order chi connectivity index (χ1) is 8.06. The van der Waals surface area contributed by atoms with E-state index in [1.807, 2.05) is 0 Å². The van der Waals surface area contributed by atoms with Gasteiger partial charge in [-0.05, 0) is 6.42 Å². The first-order valence-electron chi connectivity index (χ1n) is 6.68. The number of rotatable bonds is 12. The Morgan fingerprint density at radius 3 is 1.45 bits per heavy atom. The average molecular weight is 320 g/mol. The van der Waals surface area contributed by atoms with Crippen LogP contribution >= 0.6 is 0 Å². The standard InChI is InChI=1S/C12H26O4S.3H2O/c1-2-3-4-5-6-7-8-9-10-11-12-16-17(13,14)15;;;/h2-12H2,1H3,(H,13,14,15);3*1H2. The molecular formula is C12H32O7S. The van der Waals surface area contributed by atoms with Gasteiger partial charge in [0.15, 0.2) is 0 Å². The van der Waals surface area contributed by atoms with Crippen molar-refractivity contribution in [2.75, 3.05) is 6.61 Å². The molecule has 0 aromatic carbocycles. The lowest BCUT2D eigenvalue weighted by Gasteiger charge is -2.02. The topological polar surface area (TPSA) is 158 Å². The first kappa shape index (κ1) is 28.0. The quantitative estimate of drug-likeness (QED) is 0.423. The third-order valence-corrected chi connectivity index (χ3v) is 3.19. The Kier molecular flexibility index (Phi) is 26.2. The van der Waals surface area contributed by atoms with Gasteiger partial charge in [0, 0.05) is 0 Å². The highest BCUT2D eigenvalue weighted by atomic mass is 32.3. The maximum absolute atomic E-state index is 10.2. The monoisotopic (exact) mass is 320 g/mol. The summed E-state index contributed by atoms with van der Waals surface area (Å²) in [5.74, 6) is 0. The Balaban J connectivity index is -0.000000427. The second kappa shape index (κ2) is 18.8. The molecule has 7 N–H and O–H groups in total. The Morgan fingerprint density at radius 2 is 1.10 bits per heavy atom. The third kappa shape index (κ3) is 26.3. The second-order valence-corrected chi connectivity index (χ2v) is 5.52. The molecule has 7 nitrogen and oxygen atoms in total. The summed E-state index contributed by atoms with van der Waals surface area (Å²) < 4.78 is 33.0. The molecule has 0 amide bonds. The SMILES string of the molecule is CCCCCCCCCCCCOS(=O)(=O)O.O.O.O. The van der Waals surface area contributed by atoms with Gasteiger partial charge in [-0.15, -0.1) is 0 Å².